The minimum Gasteiger partial charge on any atom is -0.458 e. The molecular weight excluding hydrogens is 419 g/mol. The summed E-state index contributed by atoms with van der Waals surface area (Å²) in [7, 11) is 0. The van der Waals surface area contributed by atoms with E-state index in [1.54, 1.807) is 0 Å². The third-order valence-electron chi connectivity index (χ3n) is 6.76. The van der Waals surface area contributed by atoms with E-state index >= 15 is 0 Å². The average molecular weight is 446 g/mol. The Kier molecular flexibility index (Phi) is 4.73. The molecule has 2 aliphatic heterocycles. The van der Waals surface area contributed by atoms with Crippen molar-refractivity contribution < 1.29 is 4.74 Å². The van der Waals surface area contributed by atoms with Crippen molar-refractivity contribution in [3.63, 3.8) is 0 Å². The number of hydrogen-bond acceptors (Lipinski definition) is 5. The maximum absolute atomic E-state index is 6.53. The summed E-state index contributed by atoms with van der Waals surface area (Å²) in [6.45, 7) is 10.7. The van der Waals surface area contributed by atoms with Crippen LogP contribution in [0.4, 0.5) is 17.2 Å². The first-order valence-electron chi connectivity index (χ1n) is 12.0. The Balaban J connectivity index is 1.67. The molecular formula is C28H27BN4O. The van der Waals surface area contributed by atoms with Gasteiger partial charge in [0, 0.05) is 58.4 Å². The van der Waals surface area contributed by atoms with Crippen LogP contribution >= 0.6 is 0 Å². The molecule has 5 nitrogen and oxygen atoms in total. The van der Waals surface area contributed by atoms with Crippen LogP contribution in [0.15, 0.2) is 60.9 Å². The summed E-state index contributed by atoms with van der Waals surface area (Å²) in [5, 5.41) is 0. The summed E-state index contributed by atoms with van der Waals surface area (Å²) in [5.74, 6) is 3.30. The molecule has 6 rings (SSSR count). The highest BCUT2D eigenvalue weighted by atomic mass is 16.5. The van der Waals surface area contributed by atoms with Crippen molar-refractivity contribution in [2.45, 2.75) is 46.5 Å². The van der Waals surface area contributed by atoms with Crippen molar-refractivity contribution in [3.8, 4) is 11.5 Å². The number of anilines is 3. The van der Waals surface area contributed by atoms with Crippen LogP contribution in [0.25, 0.3) is 0 Å². The quantitative estimate of drug-likeness (QED) is 0.365. The molecule has 0 spiro atoms. The van der Waals surface area contributed by atoms with Crippen molar-refractivity contribution in [2.24, 2.45) is 0 Å². The first-order chi connectivity index (χ1) is 16.4. The van der Waals surface area contributed by atoms with Crippen molar-refractivity contribution >= 4 is 40.3 Å². The Morgan fingerprint density at radius 3 is 2.21 bits per heavy atom. The van der Waals surface area contributed by atoms with Crippen molar-refractivity contribution in [3.05, 3.63) is 78.0 Å². The van der Waals surface area contributed by atoms with Crippen LogP contribution in [0.5, 0.6) is 11.5 Å². The van der Waals surface area contributed by atoms with E-state index in [0.29, 0.717) is 11.8 Å². The lowest BCUT2D eigenvalue weighted by molar-refractivity contribution is 0.484. The van der Waals surface area contributed by atoms with Crippen LogP contribution < -0.4 is 26.0 Å². The average Bonchev–Trinajstić information content (AvgIpc) is 2.83. The van der Waals surface area contributed by atoms with Gasteiger partial charge >= 0.3 is 0 Å². The smallest absolute Gasteiger partial charge is 0.262 e. The van der Waals surface area contributed by atoms with Gasteiger partial charge in [-0.15, -0.1) is 0 Å². The lowest BCUT2D eigenvalue weighted by Gasteiger charge is -2.39. The predicted molar refractivity (Wildman–Crippen MR) is 139 cm³/mol. The van der Waals surface area contributed by atoms with Gasteiger partial charge in [0.05, 0.1) is 0 Å². The van der Waals surface area contributed by atoms with Crippen LogP contribution in [0.3, 0.4) is 0 Å². The third-order valence-corrected chi connectivity index (χ3v) is 6.76. The fraction of sp³-hybridized carbons (Fsp3) is 0.250. The molecule has 4 aromatic rings. The fourth-order valence-corrected chi connectivity index (χ4v) is 5.00. The number of pyridine rings is 3. The fourth-order valence-electron chi connectivity index (χ4n) is 5.00. The second kappa shape index (κ2) is 7.69. The summed E-state index contributed by atoms with van der Waals surface area (Å²) in [6, 6.07) is 16.8. The summed E-state index contributed by atoms with van der Waals surface area (Å²) in [5.41, 5.74) is 8.51. The highest BCUT2D eigenvalue weighted by molar-refractivity contribution is 6.99. The van der Waals surface area contributed by atoms with Gasteiger partial charge in [0.15, 0.2) is 0 Å². The van der Waals surface area contributed by atoms with Gasteiger partial charge in [-0.3, -0.25) is 14.9 Å². The number of ether oxygens (including phenoxy) is 1. The van der Waals surface area contributed by atoms with E-state index < -0.39 is 0 Å². The molecule has 0 amide bonds. The van der Waals surface area contributed by atoms with Crippen LogP contribution in [-0.4, -0.2) is 21.7 Å². The normalized spacial score (nSPS) is 13.5. The predicted octanol–water partition coefficient (Wildman–Crippen LogP) is 4.83. The Bertz CT molecular complexity index is 1420. The second-order valence-electron chi connectivity index (χ2n) is 9.83. The van der Waals surface area contributed by atoms with Crippen LogP contribution in [-0.2, 0) is 0 Å². The van der Waals surface area contributed by atoms with E-state index in [2.05, 4.69) is 69.0 Å². The molecule has 0 atom stereocenters. The largest absolute Gasteiger partial charge is 0.458 e. The molecule has 168 valence electrons. The number of nitrogens with zero attached hydrogens (tertiary/aromatic N) is 4. The minimum atomic E-state index is -0.0285. The number of fused-ring (bicyclic) bond motifs is 4. The highest BCUT2D eigenvalue weighted by Gasteiger charge is 2.43. The number of aromatic nitrogens is 3. The Morgan fingerprint density at radius 2 is 1.50 bits per heavy atom. The highest BCUT2D eigenvalue weighted by Crippen LogP contribution is 2.40. The summed E-state index contributed by atoms with van der Waals surface area (Å²) >= 11 is 0. The van der Waals surface area contributed by atoms with Gasteiger partial charge in [0.1, 0.15) is 17.3 Å². The number of hydrogen-bond donors (Lipinski definition) is 0. The number of benzene rings is 1. The van der Waals surface area contributed by atoms with Gasteiger partial charge in [-0.25, -0.2) is 4.98 Å². The zero-order valence-corrected chi connectivity index (χ0v) is 20.2. The van der Waals surface area contributed by atoms with Gasteiger partial charge in [-0.2, -0.15) is 0 Å². The Labute approximate surface area is 201 Å². The van der Waals surface area contributed by atoms with Gasteiger partial charge in [-0.1, -0.05) is 45.9 Å². The molecule has 0 bridgehead atoms. The van der Waals surface area contributed by atoms with E-state index in [1.807, 2.05) is 31.5 Å². The lowest BCUT2D eigenvalue weighted by atomic mass is 9.35. The molecule has 0 saturated heterocycles. The van der Waals surface area contributed by atoms with E-state index in [0.717, 1.165) is 62.2 Å². The zero-order valence-electron chi connectivity index (χ0n) is 20.2. The van der Waals surface area contributed by atoms with E-state index in [4.69, 9.17) is 19.7 Å². The van der Waals surface area contributed by atoms with Crippen molar-refractivity contribution in [1.82, 2.24) is 15.0 Å². The Morgan fingerprint density at radius 1 is 0.824 bits per heavy atom. The molecule has 0 unspecified atom stereocenters. The number of aryl methyl sites for hydroxylation is 1. The van der Waals surface area contributed by atoms with Gasteiger partial charge in [0.25, 0.3) is 6.71 Å². The molecule has 0 N–H and O–H groups in total. The Hall–Kier alpha value is -3.67. The van der Waals surface area contributed by atoms with Crippen LogP contribution in [0.1, 0.15) is 56.6 Å². The minimum absolute atomic E-state index is 0.0285. The molecule has 34 heavy (non-hydrogen) atoms. The monoisotopic (exact) mass is 446 g/mol. The maximum Gasteiger partial charge on any atom is 0.262 e. The molecule has 1 aromatic carbocycles. The summed E-state index contributed by atoms with van der Waals surface area (Å²) < 4.78 is 6.53. The number of para-hydroxylation sites is 1. The molecule has 6 heteroatoms. The van der Waals surface area contributed by atoms with Gasteiger partial charge < -0.3 is 4.74 Å². The second-order valence-corrected chi connectivity index (χ2v) is 9.83. The van der Waals surface area contributed by atoms with Crippen LogP contribution in [0.2, 0.25) is 0 Å². The summed E-state index contributed by atoms with van der Waals surface area (Å²) in [6.07, 6.45) is 4.03. The SMILES string of the molecule is Cc1cc2c3c(n1)N(c1ccccc1)c1cc(C(C)C)ncc1B3c1cnc(C(C)C)cc1O2. The zero-order chi connectivity index (χ0) is 23.6. The standard InChI is InChI=1S/C28H27BN4O/c1-16(2)22-12-24-20(14-30-22)29-21-15-31-23(17(3)4)13-25(21)34-26-11-18(5)32-28(27(26)29)33(24)19-9-7-6-8-10-19/h6-17H,1-5H3. The van der Waals surface area contributed by atoms with Crippen molar-refractivity contribution in [2.75, 3.05) is 4.90 Å². The van der Waals surface area contributed by atoms with E-state index in [1.165, 1.54) is 0 Å². The molecule has 0 saturated carbocycles. The lowest BCUT2D eigenvalue weighted by Crippen LogP contribution is -2.60. The molecule has 0 radical (unpaired) electrons. The molecule has 5 heterocycles. The first-order valence-corrected chi connectivity index (χ1v) is 12.0. The van der Waals surface area contributed by atoms with Crippen LogP contribution in [0, 0.1) is 6.92 Å². The van der Waals surface area contributed by atoms with Gasteiger partial charge in [0.2, 0.25) is 0 Å². The molecule has 0 aliphatic carbocycles. The molecule has 0 fully saturated rings. The summed E-state index contributed by atoms with van der Waals surface area (Å²) in [4.78, 5) is 17.0. The first kappa shape index (κ1) is 20.9. The van der Waals surface area contributed by atoms with E-state index in [-0.39, 0.29) is 6.71 Å². The third kappa shape index (κ3) is 3.12. The topological polar surface area (TPSA) is 51.1 Å². The maximum atomic E-state index is 6.53. The molecule has 3 aromatic heterocycles. The van der Waals surface area contributed by atoms with Crippen molar-refractivity contribution in [1.29, 1.82) is 0 Å². The van der Waals surface area contributed by atoms with E-state index in [9.17, 15) is 0 Å². The number of rotatable bonds is 3. The molecule has 2 aliphatic rings. The van der Waals surface area contributed by atoms with Gasteiger partial charge in [-0.05, 0) is 47.9 Å².